The predicted octanol–water partition coefficient (Wildman–Crippen LogP) is 6.63. The molecule has 31 heavy (non-hydrogen) atoms. The summed E-state index contributed by atoms with van der Waals surface area (Å²) in [6, 6.07) is 23.6. The van der Waals surface area contributed by atoms with Gasteiger partial charge >= 0.3 is 0 Å². The molecule has 0 saturated carbocycles. The smallest absolute Gasteiger partial charge is 0.233 e. The molecular formula is C24H23ClN6. The van der Waals surface area contributed by atoms with Crippen molar-refractivity contribution < 1.29 is 0 Å². The van der Waals surface area contributed by atoms with Crippen molar-refractivity contribution in [2.45, 2.75) is 20.3 Å². The van der Waals surface area contributed by atoms with E-state index in [1.165, 1.54) is 5.56 Å². The largest absolute Gasteiger partial charge is 0.324 e. The van der Waals surface area contributed by atoms with Crippen LogP contribution in [0.4, 0.5) is 34.9 Å². The number of hydrogen-bond acceptors (Lipinski definition) is 6. The van der Waals surface area contributed by atoms with Crippen molar-refractivity contribution in [1.29, 1.82) is 0 Å². The van der Waals surface area contributed by atoms with E-state index in [9.17, 15) is 0 Å². The standard InChI is InChI=1S/C24H23ClN6/c1-3-17-9-7-11-19(15-17)27-23-29-22(26-18-10-6-8-16(2)14-18)30-24(31-23)28-21-13-5-4-12-20(21)25/h4-15H,3H2,1-2H3,(H3,26,27,28,29,30,31). The number of nitrogens with zero attached hydrogens (tertiary/aromatic N) is 3. The minimum Gasteiger partial charge on any atom is -0.324 e. The molecule has 6 nitrogen and oxygen atoms in total. The summed E-state index contributed by atoms with van der Waals surface area (Å²) in [5, 5.41) is 10.3. The Morgan fingerprint density at radius 3 is 1.97 bits per heavy atom. The molecule has 0 aliphatic heterocycles. The van der Waals surface area contributed by atoms with Crippen LogP contribution in [0.2, 0.25) is 5.02 Å². The van der Waals surface area contributed by atoms with Crippen LogP contribution < -0.4 is 16.0 Å². The van der Waals surface area contributed by atoms with Crippen molar-refractivity contribution in [3.63, 3.8) is 0 Å². The molecule has 0 saturated heterocycles. The summed E-state index contributed by atoms with van der Waals surface area (Å²) < 4.78 is 0. The lowest BCUT2D eigenvalue weighted by Gasteiger charge is -2.12. The zero-order valence-electron chi connectivity index (χ0n) is 17.4. The van der Waals surface area contributed by atoms with Gasteiger partial charge in [0, 0.05) is 11.4 Å². The second-order valence-electron chi connectivity index (χ2n) is 7.08. The molecule has 0 radical (unpaired) electrons. The molecule has 156 valence electrons. The lowest BCUT2D eigenvalue weighted by molar-refractivity contribution is 1.06. The Kier molecular flexibility index (Phi) is 6.29. The average Bonchev–Trinajstić information content (AvgIpc) is 2.75. The Morgan fingerprint density at radius 2 is 1.32 bits per heavy atom. The van der Waals surface area contributed by atoms with E-state index in [2.05, 4.69) is 50.0 Å². The zero-order valence-corrected chi connectivity index (χ0v) is 18.1. The maximum absolute atomic E-state index is 6.30. The van der Waals surface area contributed by atoms with Crippen molar-refractivity contribution in [2.24, 2.45) is 0 Å². The molecule has 0 unspecified atom stereocenters. The van der Waals surface area contributed by atoms with Gasteiger partial charge in [0.1, 0.15) is 0 Å². The molecule has 0 aliphatic carbocycles. The first-order chi connectivity index (χ1) is 15.1. The Hall–Kier alpha value is -3.64. The third-order valence-corrected chi connectivity index (χ3v) is 4.95. The fraction of sp³-hybridized carbons (Fsp3) is 0.125. The van der Waals surface area contributed by atoms with Crippen molar-refractivity contribution in [3.05, 3.63) is 88.9 Å². The molecular weight excluding hydrogens is 408 g/mol. The number of anilines is 6. The molecule has 0 bridgehead atoms. The van der Waals surface area contributed by atoms with E-state index in [1.807, 2.05) is 67.6 Å². The zero-order chi connectivity index (χ0) is 21.6. The van der Waals surface area contributed by atoms with Gasteiger partial charge in [-0.1, -0.05) is 54.9 Å². The molecule has 4 aromatic rings. The van der Waals surface area contributed by atoms with Crippen LogP contribution in [-0.4, -0.2) is 15.0 Å². The SMILES string of the molecule is CCc1cccc(Nc2nc(Nc3cccc(C)c3)nc(Nc3ccccc3Cl)n2)c1. The Bertz CT molecular complexity index is 1190. The number of aryl methyl sites for hydroxylation is 2. The first-order valence-electron chi connectivity index (χ1n) is 10.1. The summed E-state index contributed by atoms with van der Waals surface area (Å²) in [5.41, 5.74) is 4.90. The number of aromatic nitrogens is 3. The third kappa shape index (κ3) is 5.49. The fourth-order valence-electron chi connectivity index (χ4n) is 3.08. The van der Waals surface area contributed by atoms with Crippen molar-refractivity contribution in [3.8, 4) is 0 Å². The molecule has 3 N–H and O–H groups in total. The van der Waals surface area contributed by atoms with Gasteiger partial charge in [0.05, 0.1) is 10.7 Å². The van der Waals surface area contributed by atoms with Crippen LogP contribution in [-0.2, 0) is 6.42 Å². The van der Waals surface area contributed by atoms with E-state index in [-0.39, 0.29) is 0 Å². The van der Waals surface area contributed by atoms with E-state index in [0.717, 1.165) is 29.0 Å². The third-order valence-electron chi connectivity index (χ3n) is 4.62. The van der Waals surface area contributed by atoms with E-state index in [0.29, 0.717) is 22.9 Å². The average molecular weight is 431 g/mol. The summed E-state index contributed by atoms with van der Waals surface area (Å²) in [6.45, 7) is 4.16. The number of hydrogen-bond donors (Lipinski definition) is 3. The van der Waals surface area contributed by atoms with Crippen LogP contribution in [0.5, 0.6) is 0 Å². The maximum Gasteiger partial charge on any atom is 0.233 e. The molecule has 7 heteroatoms. The van der Waals surface area contributed by atoms with Crippen molar-refractivity contribution in [2.75, 3.05) is 16.0 Å². The molecule has 0 fully saturated rings. The second-order valence-corrected chi connectivity index (χ2v) is 7.49. The number of halogens is 1. The van der Waals surface area contributed by atoms with Gasteiger partial charge in [-0.25, -0.2) is 0 Å². The minimum atomic E-state index is 0.382. The quantitative estimate of drug-likeness (QED) is 0.305. The van der Waals surface area contributed by atoms with Crippen LogP contribution in [0.25, 0.3) is 0 Å². The molecule has 0 atom stereocenters. The van der Waals surface area contributed by atoms with Crippen LogP contribution in [0.3, 0.4) is 0 Å². The lowest BCUT2D eigenvalue weighted by Crippen LogP contribution is -2.07. The summed E-state index contributed by atoms with van der Waals surface area (Å²) in [7, 11) is 0. The summed E-state index contributed by atoms with van der Waals surface area (Å²) >= 11 is 6.30. The topological polar surface area (TPSA) is 74.8 Å². The van der Waals surface area contributed by atoms with Gasteiger partial charge in [0.2, 0.25) is 17.8 Å². The lowest BCUT2D eigenvalue weighted by atomic mass is 10.1. The van der Waals surface area contributed by atoms with Gasteiger partial charge in [0.25, 0.3) is 0 Å². The highest BCUT2D eigenvalue weighted by molar-refractivity contribution is 6.33. The highest BCUT2D eigenvalue weighted by Gasteiger charge is 2.10. The van der Waals surface area contributed by atoms with Crippen LogP contribution >= 0.6 is 11.6 Å². The van der Waals surface area contributed by atoms with E-state index >= 15 is 0 Å². The first kappa shape index (κ1) is 20.6. The van der Waals surface area contributed by atoms with Crippen LogP contribution in [0.15, 0.2) is 72.8 Å². The molecule has 4 rings (SSSR count). The van der Waals surface area contributed by atoms with Gasteiger partial charge in [-0.3, -0.25) is 0 Å². The van der Waals surface area contributed by atoms with Crippen LogP contribution in [0, 0.1) is 6.92 Å². The van der Waals surface area contributed by atoms with E-state index < -0.39 is 0 Å². The predicted molar refractivity (Wildman–Crippen MR) is 128 cm³/mol. The van der Waals surface area contributed by atoms with Gasteiger partial charge in [-0.15, -0.1) is 0 Å². The van der Waals surface area contributed by atoms with E-state index in [1.54, 1.807) is 0 Å². The minimum absolute atomic E-state index is 0.382. The maximum atomic E-state index is 6.30. The second kappa shape index (κ2) is 9.45. The summed E-state index contributed by atoms with van der Waals surface area (Å²) in [4.78, 5) is 13.6. The Morgan fingerprint density at radius 1 is 0.710 bits per heavy atom. The van der Waals surface area contributed by atoms with Crippen molar-refractivity contribution >= 4 is 46.5 Å². The van der Waals surface area contributed by atoms with E-state index in [4.69, 9.17) is 11.6 Å². The number of para-hydroxylation sites is 1. The molecule has 1 aromatic heterocycles. The highest BCUT2D eigenvalue weighted by Crippen LogP contribution is 2.25. The number of nitrogens with one attached hydrogen (secondary N) is 3. The number of benzene rings is 3. The van der Waals surface area contributed by atoms with Gasteiger partial charge in [-0.05, 0) is 60.9 Å². The normalized spacial score (nSPS) is 10.5. The summed E-state index contributed by atoms with van der Waals surface area (Å²) in [6.07, 6.45) is 0.951. The molecule has 3 aromatic carbocycles. The van der Waals surface area contributed by atoms with Crippen molar-refractivity contribution in [1.82, 2.24) is 15.0 Å². The molecule has 0 amide bonds. The fourth-order valence-corrected chi connectivity index (χ4v) is 3.26. The molecule has 0 spiro atoms. The Balaban J connectivity index is 1.67. The Labute approximate surface area is 186 Å². The molecule has 1 heterocycles. The van der Waals surface area contributed by atoms with Gasteiger partial charge < -0.3 is 16.0 Å². The highest BCUT2D eigenvalue weighted by atomic mass is 35.5. The summed E-state index contributed by atoms with van der Waals surface area (Å²) in [5.74, 6) is 1.23. The monoisotopic (exact) mass is 430 g/mol. The first-order valence-corrected chi connectivity index (χ1v) is 10.4. The van der Waals surface area contributed by atoms with Crippen LogP contribution in [0.1, 0.15) is 18.1 Å². The molecule has 0 aliphatic rings. The van der Waals surface area contributed by atoms with Gasteiger partial charge in [0.15, 0.2) is 0 Å². The van der Waals surface area contributed by atoms with Gasteiger partial charge in [-0.2, -0.15) is 15.0 Å². The number of rotatable bonds is 7.